The zero-order chi connectivity index (χ0) is 39.5. The summed E-state index contributed by atoms with van der Waals surface area (Å²) < 4.78 is 46.5. The monoisotopic (exact) mass is 775 g/mol. The van der Waals surface area contributed by atoms with E-state index in [2.05, 4.69) is 0 Å². The molecule has 8 atom stereocenters. The second kappa shape index (κ2) is 23.2. The first-order chi connectivity index (χ1) is 28.1. The van der Waals surface area contributed by atoms with Gasteiger partial charge < -0.3 is 44.0 Å². The Hall–Kier alpha value is -4.26. The molecule has 0 radical (unpaired) electrons. The molecule has 3 unspecified atom stereocenters. The van der Waals surface area contributed by atoms with Crippen molar-refractivity contribution < 1.29 is 38.3 Å². The number of aliphatic hydroxyl groups is 1. The predicted octanol–water partition coefficient (Wildman–Crippen LogP) is 7.77. The van der Waals surface area contributed by atoms with Gasteiger partial charge in [-0.25, -0.2) is 0 Å². The molecule has 0 spiro atoms. The zero-order valence-electron chi connectivity index (χ0n) is 32.8. The lowest BCUT2D eigenvalue weighted by Crippen LogP contribution is -2.49. The Balaban J connectivity index is 1.27. The van der Waals surface area contributed by atoms with Crippen LogP contribution in [0, 0.1) is 0 Å². The molecule has 9 nitrogen and oxygen atoms in total. The lowest BCUT2D eigenvalue weighted by molar-refractivity contribution is -0.247. The lowest BCUT2D eigenvalue weighted by atomic mass is 10.0. The minimum Gasteiger partial charge on any atom is -0.390 e. The molecule has 1 aliphatic rings. The van der Waals surface area contributed by atoms with E-state index in [0.717, 1.165) is 27.8 Å². The first-order valence-electron chi connectivity index (χ1n) is 20.0. The maximum absolute atomic E-state index is 11.1. The van der Waals surface area contributed by atoms with Crippen molar-refractivity contribution in [1.29, 1.82) is 0 Å². The van der Waals surface area contributed by atoms with Gasteiger partial charge in [0.2, 0.25) is 0 Å². The van der Waals surface area contributed by atoms with Gasteiger partial charge in [-0.05, 0) is 34.2 Å². The third-order valence-electron chi connectivity index (χ3n) is 10.1. The second-order valence-corrected chi connectivity index (χ2v) is 14.4. The summed E-state index contributed by atoms with van der Waals surface area (Å²) in [6, 6.07) is 49.4. The standard InChI is InChI=1S/C48H57NO8/c1-2-42(50)46(54-32-39-24-14-6-15-25-39)41(49)34-56-48-44(53-31-38-22-12-5-13-23-38)28-43(52-30-37-20-10-4-11-21-37)47(55-33-40-26-16-7-17-27-40)45(57-48)35-51-29-36-18-8-3-9-19-36/h3-27,41-48,50H,2,28-35,49H2,1H3/t41-,42+,43?,44?,45?,46-,47+,48-/m0/s1. The van der Waals surface area contributed by atoms with Crippen molar-refractivity contribution in [1.82, 2.24) is 0 Å². The van der Waals surface area contributed by atoms with Crippen LogP contribution >= 0.6 is 0 Å². The van der Waals surface area contributed by atoms with E-state index < -0.39 is 49.0 Å². The Morgan fingerprint density at radius 1 is 0.579 bits per heavy atom. The van der Waals surface area contributed by atoms with Crippen LogP contribution in [0.1, 0.15) is 47.6 Å². The van der Waals surface area contributed by atoms with Crippen molar-refractivity contribution in [3.8, 4) is 0 Å². The van der Waals surface area contributed by atoms with Crippen molar-refractivity contribution in [2.75, 3.05) is 13.2 Å². The SMILES string of the molecule is CC[C@@H](O)[C@@H](OCc1ccccc1)[C@@H](N)CO[C@H]1OC(COCc2ccccc2)[C@H](OCc2ccccc2)C(OCc2ccccc2)CC1OCc1ccccc1. The van der Waals surface area contributed by atoms with Crippen molar-refractivity contribution >= 4 is 0 Å². The van der Waals surface area contributed by atoms with Crippen LogP contribution < -0.4 is 5.73 Å². The van der Waals surface area contributed by atoms with Crippen LogP contribution in [-0.2, 0) is 66.2 Å². The van der Waals surface area contributed by atoms with Crippen LogP contribution in [0.3, 0.4) is 0 Å². The molecular formula is C48H57NO8. The van der Waals surface area contributed by atoms with Crippen molar-refractivity contribution in [3.63, 3.8) is 0 Å². The molecule has 3 N–H and O–H groups in total. The number of rotatable bonds is 22. The zero-order valence-corrected chi connectivity index (χ0v) is 32.8. The summed E-state index contributed by atoms with van der Waals surface area (Å²) in [7, 11) is 0. The Bertz CT molecular complexity index is 1790. The highest BCUT2D eigenvalue weighted by Gasteiger charge is 2.44. The van der Waals surface area contributed by atoms with Crippen LogP contribution in [0.5, 0.6) is 0 Å². The highest BCUT2D eigenvalue weighted by Crippen LogP contribution is 2.30. The van der Waals surface area contributed by atoms with Gasteiger partial charge in [0, 0.05) is 6.42 Å². The first-order valence-corrected chi connectivity index (χ1v) is 20.0. The molecule has 0 aromatic heterocycles. The maximum Gasteiger partial charge on any atom is 0.184 e. The minimum atomic E-state index is -0.883. The fourth-order valence-corrected chi connectivity index (χ4v) is 6.86. The number of ether oxygens (including phenoxy) is 7. The molecule has 5 aromatic rings. The maximum atomic E-state index is 11.1. The van der Waals surface area contributed by atoms with Crippen molar-refractivity contribution in [2.45, 2.75) is 102 Å². The van der Waals surface area contributed by atoms with Crippen molar-refractivity contribution in [2.24, 2.45) is 5.73 Å². The van der Waals surface area contributed by atoms with Crippen LogP contribution in [-0.4, -0.2) is 67.3 Å². The average molecular weight is 776 g/mol. The number of hydrogen-bond donors (Lipinski definition) is 2. The Labute approximate surface area is 337 Å². The highest BCUT2D eigenvalue weighted by atomic mass is 16.7. The van der Waals surface area contributed by atoms with E-state index in [0.29, 0.717) is 45.9 Å². The number of aliphatic hydroxyl groups excluding tert-OH is 1. The molecule has 0 aliphatic carbocycles. The molecule has 1 fully saturated rings. The predicted molar refractivity (Wildman–Crippen MR) is 220 cm³/mol. The van der Waals surface area contributed by atoms with Gasteiger partial charge in [0.15, 0.2) is 6.29 Å². The molecule has 6 rings (SSSR count). The molecule has 302 valence electrons. The van der Waals surface area contributed by atoms with Gasteiger partial charge in [-0.1, -0.05) is 159 Å². The summed E-state index contributed by atoms with van der Waals surface area (Å²) >= 11 is 0. The molecular weight excluding hydrogens is 719 g/mol. The Morgan fingerprint density at radius 3 is 1.51 bits per heavy atom. The quantitative estimate of drug-likeness (QED) is 0.0729. The summed E-state index contributed by atoms with van der Waals surface area (Å²) in [4.78, 5) is 0. The highest BCUT2D eigenvalue weighted by molar-refractivity contribution is 5.17. The van der Waals surface area contributed by atoms with Crippen LogP contribution in [0.2, 0.25) is 0 Å². The molecule has 0 bridgehead atoms. The molecule has 9 heteroatoms. The fraction of sp³-hybridized carbons (Fsp3) is 0.375. The van der Waals surface area contributed by atoms with Crippen LogP contribution in [0.25, 0.3) is 0 Å². The van der Waals surface area contributed by atoms with E-state index in [1.54, 1.807) is 0 Å². The molecule has 1 heterocycles. The second-order valence-electron chi connectivity index (χ2n) is 14.4. The fourth-order valence-electron chi connectivity index (χ4n) is 6.86. The molecule has 5 aromatic carbocycles. The van der Waals surface area contributed by atoms with E-state index >= 15 is 0 Å². The van der Waals surface area contributed by atoms with Gasteiger partial charge in [0.05, 0.1) is 64.5 Å². The average Bonchev–Trinajstić information content (AvgIpc) is 3.40. The van der Waals surface area contributed by atoms with Gasteiger partial charge in [-0.15, -0.1) is 0 Å². The van der Waals surface area contributed by atoms with Crippen LogP contribution in [0.15, 0.2) is 152 Å². The smallest absolute Gasteiger partial charge is 0.184 e. The first kappa shape index (κ1) is 42.3. The van der Waals surface area contributed by atoms with E-state index in [1.165, 1.54) is 0 Å². The number of hydrogen-bond acceptors (Lipinski definition) is 9. The molecule has 0 saturated carbocycles. The third kappa shape index (κ3) is 13.7. The Kier molecular flexibility index (Phi) is 17.3. The molecule has 1 aliphatic heterocycles. The molecule has 57 heavy (non-hydrogen) atoms. The van der Waals surface area contributed by atoms with Gasteiger partial charge in [0.25, 0.3) is 0 Å². The summed E-state index contributed by atoms with van der Waals surface area (Å²) in [6.45, 7) is 3.88. The van der Waals surface area contributed by atoms with Crippen molar-refractivity contribution in [3.05, 3.63) is 179 Å². The molecule has 0 amide bonds. The largest absolute Gasteiger partial charge is 0.390 e. The summed E-state index contributed by atoms with van der Waals surface area (Å²) in [5.74, 6) is 0. The normalized spacial score (nSPS) is 21.4. The van der Waals surface area contributed by atoms with E-state index in [-0.39, 0.29) is 13.2 Å². The summed E-state index contributed by atoms with van der Waals surface area (Å²) in [6.07, 6.45) is -3.71. The van der Waals surface area contributed by atoms with E-state index in [4.69, 9.17) is 38.9 Å². The Morgan fingerprint density at radius 2 is 1.02 bits per heavy atom. The summed E-state index contributed by atoms with van der Waals surface area (Å²) in [5.41, 5.74) is 11.9. The number of nitrogens with two attached hydrogens (primary N) is 1. The van der Waals surface area contributed by atoms with Gasteiger partial charge in [0.1, 0.15) is 24.4 Å². The topological polar surface area (TPSA) is 111 Å². The third-order valence-corrected chi connectivity index (χ3v) is 10.1. The van der Waals surface area contributed by atoms with Crippen LogP contribution in [0.4, 0.5) is 0 Å². The van der Waals surface area contributed by atoms with Gasteiger partial charge in [-0.3, -0.25) is 0 Å². The van der Waals surface area contributed by atoms with Gasteiger partial charge >= 0.3 is 0 Å². The number of benzene rings is 5. The summed E-state index contributed by atoms with van der Waals surface area (Å²) in [5, 5.41) is 11.1. The van der Waals surface area contributed by atoms with E-state index in [9.17, 15) is 5.11 Å². The lowest BCUT2D eigenvalue weighted by Gasteiger charge is -2.32. The van der Waals surface area contributed by atoms with E-state index in [1.807, 2.05) is 159 Å². The molecule has 1 saturated heterocycles. The van der Waals surface area contributed by atoms with Gasteiger partial charge in [-0.2, -0.15) is 0 Å². The minimum absolute atomic E-state index is 0.0368.